The lowest BCUT2D eigenvalue weighted by Gasteiger charge is -2.10. The topological polar surface area (TPSA) is 42.6 Å². The number of ether oxygens (including phenoxy) is 1. The van der Waals surface area contributed by atoms with Crippen LogP contribution in [0.4, 0.5) is 0 Å². The number of benzene rings is 1. The Balaban J connectivity index is 1.77. The molecule has 0 spiro atoms. The highest BCUT2D eigenvalue weighted by molar-refractivity contribution is 9.10. The molecule has 2 aromatic rings. The predicted molar refractivity (Wildman–Crippen MR) is 70.6 cm³/mol. The van der Waals surface area contributed by atoms with Gasteiger partial charge in [0.2, 0.25) is 0 Å². The van der Waals surface area contributed by atoms with Gasteiger partial charge in [0, 0.05) is 0 Å². The summed E-state index contributed by atoms with van der Waals surface area (Å²) in [6.45, 7) is 0. The fourth-order valence-corrected chi connectivity index (χ4v) is 2.18. The zero-order chi connectivity index (χ0) is 12.5. The Hall–Kier alpha value is -1.26. The van der Waals surface area contributed by atoms with Crippen LogP contribution in [-0.4, -0.2) is 11.2 Å². The van der Waals surface area contributed by atoms with E-state index in [2.05, 4.69) is 15.9 Å². The monoisotopic (exact) mass is 308 g/mol. The van der Waals surface area contributed by atoms with Crippen LogP contribution in [0.1, 0.15) is 30.3 Å². The first-order valence-electron chi connectivity index (χ1n) is 5.91. The van der Waals surface area contributed by atoms with Crippen molar-refractivity contribution in [3.8, 4) is 5.75 Å². The molecule has 1 aromatic heterocycles. The summed E-state index contributed by atoms with van der Waals surface area (Å²) in [6, 6.07) is 9.25. The molecule has 1 fully saturated rings. The molecule has 0 bridgehead atoms. The first-order valence-corrected chi connectivity index (χ1v) is 6.71. The van der Waals surface area contributed by atoms with Crippen molar-refractivity contribution in [2.45, 2.75) is 25.0 Å². The Morgan fingerprint density at radius 3 is 2.50 bits per heavy atom. The third-order valence-corrected chi connectivity index (χ3v) is 3.57. The van der Waals surface area contributed by atoms with Gasteiger partial charge in [-0.25, -0.2) is 0 Å². The highest BCUT2D eigenvalue weighted by Gasteiger charge is 2.23. The Bertz CT molecular complexity index is 528. The van der Waals surface area contributed by atoms with E-state index in [1.54, 1.807) is 12.3 Å². The van der Waals surface area contributed by atoms with Gasteiger partial charge in [-0.3, -0.25) is 0 Å². The van der Waals surface area contributed by atoms with Crippen LogP contribution in [0.15, 0.2) is 45.5 Å². The minimum Gasteiger partial charge on any atom is -0.490 e. The fraction of sp³-hybridized carbons (Fsp3) is 0.286. The molecular formula is C14H13BrO3. The highest BCUT2D eigenvalue weighted by Crippen LogP contribution is 2.31. The Morgan fingerprint density at radius 1 is 1.22 bits per heavy atom. The van der Waals surface area contributed by atoms with Crippen molar-refractivity contribution in [3.63, 3.8) is 0 Å². The number of aliphatic hydroxyl groups excluding tert-OH is 1. The Labute approximate surface area is 114 Å². The van der Waals surface area contributed by atoms with Crippen molar-refractivity contribution < 1.29 is 14.3 Å². The molecule has 0 aliphatic heterocycles. The van der Waals surface area contributed by atoms with E-state index in [9.17, 15) is 5.11 Å². The molecule has 1 aliphatic carbocycles. The lowest BCUT2D eigenvalue weighted by atomic mass is 10.1. The van der Waals surface area contributed by atoms with Crippen LogP contribution in [0.25, 0.3) is 0 Å². The molecule has 1 N–H and O–H groups in total. The van der Waals surface area contributed by atoms with E-state index in [0.29, 0.717) is 11.9 Å². The van der Waals surface area contributed by atoms with Crippen LogP contribution < -0.4 is 4.74 Å². The van der Waals surface area contributed by atoms with Crippen LogP contribution in [0, 0.1) is 0 Å². The van der Waals surface area contributed by atoms with Crippen LogP contribution in [0.5, 0.6) is 5.75 Å². The van der Waals surface area contributed by atoms with Gasteiger partial charge in [0.05, 0.1) is 16.8 Å². The second kappa shape index (κ2) is 4.78. The Kier molecular flexibility index (Phi) is 3.14. The summed E-state index contributed by atoms with van der Waals surface area (Å²) >= 11 is 3.34. The fourth-order valence-electron chi connectivity index (χ4n) is 1.76. The van der Waals surface area contributed by atoms with E-state index in [1.807, 2.05) is 24.3 Å². The molecule has 0 amide bonds. The molecule has 18 heavy (non-hydrogen) atoms. The minimum atomic E-state index is -0.760. The van der Waals surface area contributed by atoms with Crippen molar-refractivity contribution in [2.24, 2.45) is 0 Å². The van der Waals surface area contributed by atoms with Gasteiger partial charge < -0.3 is 14.3 Å². The molecule has 3 rings (SSSR count). The number of furan rings is 1. The summed E-state index contributed by atoms with van der Waals surface area (Å²) < 4.78 is 11.7. The zero-order valence-electron chi connectivity index (χ0n) is 9.67. The van der Waals surface area contributed by atoms with Crippen molar-refractivity contribution >= 4 is 15.9 Å². The van der Waals surface area contributed by atoms with E-state index < -0.39 is 6.10 Å². The normalized spacial score (nSPS) is 16.6. The lowest BCUT2D eigenvalue weighted by Crippen LogP contribution is -2.00. The van der Waals surface area contributed by atoms with E-state index in [-0.39, 0.29) is 0 Å². The molecular weight excluding hydrogens is 296 g/mol. The molecule has 0 saturated heterocycles. The Morgan fingerprint density at radius 2 is 1.94 bits per heavy atom. The van der Waals surface area contributed by atoms with Gasteiger partial charge in [-0.1, -0.05) is 12.1 Å². The van der Waals surface area contributed by atoms with Crippen molar-refractivity contribution in [3.05, 3.63) is 52.4 Å². The molecule has 1 heterocycles. The quantitative estimate of drug-likeness (QED) is 0.937. The maximum absolute atomic E-state index is 10.2. The molecule has 1 saturated carbocycles. The SMILES string of the molecule is OC(c1ccc(OC2CC2)cc1)c1occc1Br. The first kappa shape index (κ1) is 11.8. The molecule has 4 heteroatoms. The van der Waals surface area contributed by atoms with Crippen LogP contribution in [-0.2, 0) is 0 Å². The van der Waals surface area contributed by atoms with E-state index in [0.717, 1.165) is 28.6 Å². The molecule has 3 nitrogen and oxygen atoms in total. The number of hydrogen-bond acceptors (Lipinski definition) is 3. The molecule has 1 unspecified atom stereocenters. The predicted octanol–water partition coefficient (Wildman–Crippen LogP) is 3.67. The smallest absolute Gasteiger partial charge is 0.150 e. The van der Waals surface area contributed by atoms with Crippen LogP contribution in [0.2, 0.25) is 0 Å². The van der Waals surface area contributed by atoms with Gasteiger partial charge in [0.15, 0.2) is 5.76 Å². The number of aliphatic hydroxyl groups is 1. The zero-order valence-corrected chi connectivity index (χ0v) is 11.3. The third-order valence-electron chi connectivity index (χ3n) is 2.92. The standard InChI is InChI=1S/C14H13BrO3/c15-12-7-8-17-14(12)13(16)9-1-3-10(4-2-9)18-11-5-6-11/h1-4,7-8,11,13,16H,5-6H2. The summed E-state index contributed by atoms with van der Waals surface area (Å²) in [6.07, 6.45) is 3.46. The average Bonchev–Trinajstić information content (AvgIpc) is 3.09. The highest BCUT2D eigenvalue weighted by atomic mass is 79.9. The van der Waals surface area contributed by atoms with Gasteiger partial charge in [-0.05, 0) is 52.5 Å². The summed E-state index contributed by atoms with van der Waals surface area (Å²) in [7, 11) is 0. The molecule has 94 valence electrons. The van der Waals surface area contributed by atoms with Gasteiger partial charge in [0.25, 0.3) is 0 Å². The second-order valence-electron chi connectivity index (χ2n) is 4.42. The summed E-state index contributed by atoms with van der Waals surface area (Å²) in [5.41, 5.74) is 0.786. The maximum atomic E-state index is 10.2. The maximum Gasteiger partial charge on any atom is 0.150 e. The van der Waals surface area contributed by atoms with Gasteiger partial charge in [-0.15, -0.1) is 0 Å². The lowest BCUT2D eigenvalue weighted by molar-refractivity contribution is 0.188. The van der Waals surface area contributed by atoms with E-state index in [1.165, 1.54) is 0 Å². The third kappa shape index (κ3) is 2.44. The average molecular weight is 309 g/mol. The minimum absolute atomic E-state index is 0.389. The largest absolute Gasteiger partial charge is 0.490 e. The van der Waals surface area contributed by atoms with Crippen LogP contribution >= 0.6 is 15.9 Å². The van der Waals surface area contributed by atoms with Crippen molar-refractivity contribution in [1.29, 1.82) is 0 Å². The van der Waals surface area contributed by atoms with Gasteiger partial charge in [-0.2, -0.15) is 0 Å². The van der Waals surface area contributed by atoms with Crippen molar-refractivity contribution in [2.75, 3.05) is 0 Å². The summed E-state index contributed by atoms with van der Waals surface area (Å²) in [4.78, 5) is 0. The van der Waals surface area contributed by atoms with Crippen LogP contribution in [0.3, 0.4) is 0 Å². The number of rotatable bonds is 4. The van der Waals surface area contributed by atoms with E-state index in [4.69, 9.17) is 9.15 Å². The summed E-state index contributed by atoms with van der Waals surface area (Å²) in [5.74, 6) is 1.37. The molecule has 1 aliphatic rings. The molecule has 1 aromatic carbocycles. The molecule has 1 atom stereocenters. The first-order chi connectivity index (χ1) is 8.74. The number of hydrogen-bond donors (Lipinski definition) is 1. The van der Waals surface area contributed by atoms with Crippen molar-refractivity contribution in [1.82, 2.24) is 0 Å². The van der Waals surface area contributed by atoms with Gasteiger partial charge in [0.1, 0.15) is 11.9 Å². The number of halogens is 1. The van der Waals surface area contributed by atoms with E-state index >= 15 is 0 Å². The summed E-state index contributed by atoms with van der Waals surface area (Å²) in [5, 5.41) is 10.2. The second-order valence-corrected chi connectivity index (χ2v) is 5.28. The molecule has 0 radical (unpaired) electrons. The van der Waals surface area contributed by atoms with Gasteiger partial charge >= 0.3 is 0 Å².